The Kier molecular flexibility index (Phi) is 4.55. The van der Waals surface area contributed by atoms with Crippen molar-refractivity contribution in [3.05, 3.63) is 23.8 Å². The summed E-state index contributed by atoms with van der Waals surface area (Å²) in [5, 5.41) is 0. The van der Waals surface area contributed by atoms with E-state index in [1.807, 2.05) is 0 Å². The fourth-order valence-electron chi connectivity index (χ4n) is 1.54. The van der Waals surface area contributed by atoms with Crippen LogP contribution in [0, 0.1) is 0 Å². The summed E-state index contributed by atoms with van der Waals surface area (Å²) in [4.78, 5) is 11.3. The van der Waals surface area contributed by atoms with Crippen LogP contribution >= 0.6 is 0 Å². The van der Waals surface area contributed by atoms with Crippen LogP contribution in [0.25, 0.3) is 0 Å². The molecule has 1 aromatic carbocycles. The van der Waals surface area contributed by atoms with Crippen molar-refractivity contribution in [3.8, 4) is 11.5 Å². The Balaban J connectivity index is 3.09. The molecule has 2 N–H and O–H groups in total. The Hall–Kier alpha value is -1.75. The second-order valence-electron chi connectivity index (χ2n) is 4.29. The first-order valence-corrected chi connectivity index (χ1v) is 5.58. The number of benzene rings is 1. The highest BCUT2D eigenvalue weighted by Gasteiger charge is 2.26. The van der Waals surface area contributed by atoms with Gasteiger partial charge in [0.2, 0.25) is 0 Å². The third kappa shape index (κ3) is 3.37. The molecule has 0 aliphatic heterocycles. The third-order valence-electron chi connectivity index (χ3n) is 2.58. The van der Waals surface area contributed by atoms with E-state index in [2.05, 4.69) is 0 Å². The van der Waals surface area contributed by atoms with Crippen molar-refractivity contribution in [1.82, 2.24) is 0 Å². The minimum absolute atomic E-state index is 0.148. The molecule has 0 aromatic heterocycles. The van der Waals surface area contributed by atoms with Crippen LogP contribution in [-0.4, -0.2) is 26.7 Å². The van der Waals surface area contributed by atoms with Gasteiger partial charge in [0, 0.05) is 11.6 Å². The average Bonchev–Trinajstić information content (AvgIpc) is 2.37. The van der Waals surface area contributed by atoms with Gasteiger partial charge in [-0.2, -0.15) is 0 Å². The van der Waals surface area contributed by atoms with E-state index in [1.54, 1.807) is 46.3 Å². The van der Waals surface area contributed by atoms with Crippen molar-refractivity contribution in [1.29, 1.82) is 0 Å². The average molecular weight is 253 g/mol. The van der Waals surface area contributed by atoms with E-state index in [0.717, 1.165) is 5.56 Å². The van der Waals surface area contributed by atoms with E-state index in [4.69, 9.17) is 19.9 Å². The third-order valence-corrected chi connectivity index (χ3v) is 2.58. The molecule has 0 unspecified atom stereocenters. The Morgan fingerprint density at radius 3 is 2.06 bits per heavy atom. The van der Waals surface area contributed by atoms with Crippen LogP contribution in [0.4, 0.5) is 0 Å². The highest BCUT2D eigenvalue weighted by Crippen LogP contribution is 2.31. The first-order valence-electron chi connectivity index (χ1n) is 5.58. The standard InChI is InChI=1S/C13H19NO4/c1-13(2,18-12(15)8-14)9-5-10(16-3)7-11(6-9)17-4/h5-7H,8,14H2,1-4H3. The molecule has 100 valence electrons. The Labute approximate surface area is 107 Å². The maximum atomic E-state index is 11.3. The molecule has 5 heteroatoms. The second-order valence-corrected chi connectivity index (χ2v) is 4.29. The molecule has 1 rings (SSSR count). The summed E-state index contributed by atoms with van der Waals surface area (Å²) in [7, 11) is 3.13. The lowest BCUT2D eigenvalue weighted by Gasteiger charge is -2.26. The van der Waals surface area contributed by atoms with E-state index < -0.39 is 11.6 Å². The molecule has 0 aliphatic carbocycles. The lowest BCUT2D eigenvalue weighted by atomic mass is 9.97. The molecule has 0 heterocycles. The minimum atomic E-state index is -0.793. The van der Waals surface area contributed by atoms with Gasteiger partial charge >= 0.3 is 5.97 Å². The van der Waals surface area contributed by atoms with E-state index >= 15 is 0 Å². The number of ether oxygens (including phenoxy) is 3. The summed E-state index contributed by atoms with van der Waals surface area (Å²) in [6, 6.07) is 5.35. The van der Waals surface area contributed by atoms with Crippen LogP contribution in [-0.2, 0) is 15.1 Å². The number of esters is 1. The summed E-state index contributed by atoms with van der Waals surface area (Å²) in [6.45, 7) is 3.42. The van der Waals surface area contributed by atoms with Gasteiger partial charge in [-0.25, -0.2) is 0 Å². The predicted octanol–water partition coefficient (Wildman–Crippen LogP) is 1.44. The zero-order chi connectivity index (χ0) is 13.8. The first kappa shape index (κ1) is 14.3. The summed E-state index contributed by atoms with van der Waals surface area (Å²) in [6.07, 6.45) is 0. The molecule has 0 aliphatic rings. The van der Waals surface area contributed by atoms with Crippen molar-refractivity contribution >= 4 is 5.97 Å². The van der Waals surface area contributed by atoms with Crippen LogP contribution < -0.4 is 15.2 Å². The smallest absolute Gasteiger partial charge is 0.320 e. The number of carbonyl (C=O) groups is 1. The Morgan fingerprint density at radius 2 is 1.67 bits per heavy atom. The maximum Gasteiger partial charge on any atom is 0.320 e. The van der Waals surface area contributed by atoms with Crippen molar-refractivity contribution in [3.63, 3.8) is 0 Å². The van der Waals surface area contributed by atoms with Crippen LogP contribution in [0.2, 0.25) is 0 Å². The van der Waals surface area contributed by atoms with Crippen LogP contribution in [0.15, 0.2) is 18.2 Å². The Morgan fingerprint density at radius 1 is 1.17 bits per heavy atom. The highest BCUT2D eigenvalue weighted by atomic mass is 16.6. The lowest BCUT2D eigenvalue weighted by molar-refractivity contribution is -0.155. The summed E-state index contributed by atoms with van der Waals surface area (Å²) < 4.78 is 15.7. The summed E-state index contributed by atoms with van der Waals surface area (Å²) >= 11 is 0. The van der Waals surface area contributed by atoms with Gasteiger partial charge in [-0.1, -0.05) is 0 Å². The van der Waals surface area contributed by atoms with E-state index in [1.165, 1.54) is 0 Å². The molecule has 1 aromatic rings. The van der Waals surface area contributed by atoms with Gasteiger partial charge in [0.25, 0.3) is 0 Å². The molecule has 0 amide bonds. The van der Waals surface area contributed by atoms with E-state index in [9.17, 15) is 4.79 Å². The number of carbonyl (C=O) groups excluding carboxylic acids is 1. The monoisotopic (exact) mass is 253 g/mol. The molecule has 5 nitrogen and oxygen atoms in total. The minimum Gasteiger partial charge on any atom is -0.497 e. The zero-order valence-electron chi connectivity index (χ0n) is 11.1. The van der Waals surface area contributed by atoms with Gasteiger partial charge in [0.1, 0.15) is 17.1 Å². The van der Waals surface area contributed by atoms with Gasteiger partial charge < -0.3 is 19.9 Å². The fraction of sp³-hybridized carbons (Fsp3) is 0.462. The van der Waals surface area contributed by atoms with Gasteiger partial charge in [-0.05, 0) is 26.0 Å². The van der Waals surface area contributed by atoms with E-state index in [0.29, 0.717) is 11.5 Å². The number of methoxy groups -OCH3 is 2. The maximum absolute atomic E-state index is 11.3. The molecule has 0 spiro atoms. The quantitative estimate of drug-likeness (QED) is 0.804. The highest BCUT2D eigenvalue weighted by molar-refractivity contribution is 5.72. The fourth-order valence-corrected chi connectivity index (χ4v) is 1.54. The zero-order valence-corrected chi connectivity index (χ0v) is 11.1. The van der Waals surface area contributed by atoms with Crippen molar-refractivity contribution < 1.29 is 19.0 Å². The van der Waals surface area contributed by atoms with Gasteiger partial charge in [-0.3, -0.25) is 4.79 Å². The van der Waals surface area contributed by atoms with Gasteiger partial charge in [0.05, 0.1) is 20.8 Å². The van der Waals surface area contributed by atoms with Crippen LogP contribution in [0.1, 0.15) is 19.4 Å². The topological polar surface area (TPSA) is 70.8 Å². The summed E-state index contributed by atoms with van der Waals surface area (Å²) in [5.41, 5.74) is 5.23. The Bertz CT molecular complexity index is 407. The normalized spacial score (nSPS) is 10.9. The first-order chi connectivity index (χ1) is 8.42. The largest absolute Gasteiger partial charge is 0.497 e. The molecular formula is C13H19NO4. The summed E-state index contributed by atoms with van der Waals surface area (Å²) in [5.74, 6) is 0.823. The lowest BCUT2D eigenvalue weighted by Crippen LogP contribution is -2.29. The van der Waals surface area contributed by atoms with Crippen molar-refractivity contribution in [2.24, 2.45) is 5.73 Å². The number of hydrogen-bond donors (Lipinski definition) is 1. The van der Waals surface area contributed by atoms with Gasteiger partial charge in [-0.15, -0.1) is 0 Å². The molecule has 0 saturated heterocycles. The molecule has 0 fully saturated rings. The second kappa shape index (κ2) is 5.73. The predicted molar refractivity (Wildman–Crippen MR) is 67.7 cm³/mol. The van der Waals surface area contributed by atoms with E-state index in [-0.39, 0.29) is 6.54 Å². The number of rotatable bonds is 5. The molecule has 0 saturated carbocycles. The molecular weight excluding hydrogens is 234 g/mol. The van der Waals surface area contributed by atoms with Gasteiger partial charge in [0.15, 0.2) is 0 Å². The van der Waals surface area contributed by atoms with Crippen LogP contribution in [0.5, 0.6) is 11.5 Å². The van der Waals surface area contributed by atoms with Crippen LogP contribution in [0.3, 0.4) is 0 Å². The number of hydrogen-bond acceptors (Lipinski definition) is 5. The number of nitrogens with two attached hydrogens (primary N) is 1. The van der Waals surface area contributed by atoms with Crippen molar-refractivity contribution in [2.75, 3.05) is 20.8 Å². The SMILES string of the molecule is COc1cc(OC)cc(C(C)(C)OC(=O)CN)c1. The molecule has 18 heavy (non-hydrogen) atoms. The molecule has 0 bridgehead atoms. The molecule has 0 atom stereocenters. The molecule has 0 radical (unpaired) electrons. The van der Waals surface area contributed by atoms with Crippen molar-refractivity contribution in [2.45, 2.75) is 19.4 Å².